The molecule has 0 saturated heterocycles. The van der Waals surface area contributed by atoms with Crippen LogP contribution in [0.15, 0.2) is 169 Å². The lowest BCUT2D eigenvalue weighted by molar-refractivity contribution is 0.590. The summed E-state index contributed by atoms with van der Waals surface area (Å²) in [6, 6.07) is 45.0. The Morgan fingerprint density at radius 3 is 1.46 bits per heavy atom. The largest absolute Gasteiger partial charge is 0.0776 e. The van der Waals surface area contributed by atoms with Crippen LogP contribution in [-0.2, 0) is 0 Å². The number of hydrogen-bond acceptors (Lipinski definition) is 0. The molecule has 0 bridgehead atoms. The van der Waals surface area contributed by atoms with E-state index >= 15 is 0 Å². The lowest BCUT2D eigenvalue weighted by Gasteiger charge is -2.36. The predicted molar refractivity (Wildman–Crippen MR) is 174 cm³/mol. The van der Waals surface area contributed by atoms with Gasteiger partial charge in [-0.1, -0.05) is 164 Å². The third kappa shape index (κ3) is 5.99. The first-order chi connectivity index (χ1) is 19.4. The van der Waals surface area contributed by atoms with Crippen LogP contribution in [0.1, 0.15) is 12.8 Å². The van der Waals surface area contributed by atoms with Gasteiger partial charge in [0, 0.05) is 5.92 Å². The number of allylic oxidation sites excluding steroid dienone is 8. The van der Waals surface area contributed by atoms with Crippen LogP contribution >= 0.6 is 15.8 Å². The summed E-state index contributed by atoms with van der Waals surface area (Å²) < 4.78 is 0. The highest BCUT2D eigenvalue weighted by molar-refractivity contribution is 7.77. The Hall–Kier alpha value is -3.30. The molecule has 39 heavy (non-hydrogen) atoms. The van der Waals surface area contributed by atoms with Crippen LogP contribution in [0, 0.1) is 11.8 Å². The molecule has 0 nitrogen and oxygen atoms in total. The molecular formula is C37H34P2. The van der Waals surface area contributed by atoms with E-state index < -0.39 is 15.8 Å². The van der Waals surface area contributed by atoms with E-state index in [1.165, 1.54) is 34.1 Å². The molecule has 2 aliphatic rings. The normalized spacial score (nSPS) is 17.3. The first kappa shape index (κ1) is 26.0. The summed E-state index contributed by atoms with van der Waals surface area (Å²) in [4.78, 5) is 0. The fourth-order valence-corrected chi connectivity index (χ4v) is 11.6. The van der Waals surface area contributed by atoms with E-state index in [0.29, 0.717) is 17.5 Å². The van der Waals surface area contributed by atoms with E-state index in [1.54, 1.807) is 5.31 Å². The minimum atomic E-state index is -0.626. The fourth-order valence-electron chi connectivity index (χ4n) is 5.85. The summed E-state index contributed by atoms with van der Waals surface area (Å²) in [6.45, 7) is 0. The predicted octanol–water partition coefficient (Wildman–Crippen LogP) is 8.21. The van der Waals surface area contributed by atoms with Gasteiger partial charge in [-0.3, -0.25) is 0 Å². The third-order valence-electron chi connectivity index (χ3n) is 7.65. The van der Waals surface area contributed by atoms with E-state index in [0.717, 1.165) is 0 Å². The van der Waals surface area contributed by atoms with E-state index in [4.69, 9.17) is 0 Å². The molecule has 0 heterocycles. The smallest absolute Gasteiger partial charge is 0.0105 e. The van der Waals surface area contributed by atoms with Crippen molar-refractivity contribution in [3.05, 3.63) is 169 Å². The van der Waals surface area contributed by atoms with Crippen LogP contribution in [0.2, 0.25) is 0 Å². The van der Waals surface area contributed by atoms with Gasteiger partial charge in [0.15, 0.2) is 0 Å². The van der Waals surface area contributed by atoms with Gasteiger partial charge >= 0.3 is 0 Å². The summed E-state index contributed by atoms with van der Waals surface area (Å²) in [6.07, 6.45) is 18.8. The number of benzene rings is 4. The molecule has 192 valence electrons. The topological polar surface area (TPSA) is 0 Å². The van der Waals surface area contributed by atoms with Crippen molar-refractivity contribution >= 4 is 37.1 Å². The Morgan fingerprint density at radius 1 is 0.513 bits per heavy atom. The molecule has 2 heteroatoms. The Bertz CT molecular complexity index is 1360. The summed E-state index contributed by atoms with van der Waals surface area (Å²) in [5.41, 5.74) is 0.509. The van der Waals surface area contributed by atoms with Crippen molar-refractivity contribution in [2.24, 2.45) is 11.8 Å². The SMILES string of the molecule is C1=CC(CC[C@H](C2C=CC=C2P(c2ccccc2)c2ccccc2)P(c2ccccc2)c2ccccc2)C=C1. The van der Waals surface area contributed by atoms with Crippen molar-refractivity contribution < 1.29 is 0 Å². The number of hydrogen-bond donors (Lipinski definition) is 0. The lowest BCUT2D eigenvalue weighted by atomic mass is 9.97. The highest BCUT2D eigenvalue weighted by Gasteiger charge is 2.37. The van der Waals surface area contributed by atoms with Crippen LogP contribution in [0.25, 0.3) is 0 Å². The molecule has 0 aliphatic heterocycles. The minimum absolute atomic E-state index is 0.400. The first-order valence-electron chi connectivity index (χ1n) is 13.9. The molecule has 0 fully saturated rings. The molecule has 0 aromatic heterocycles. The average Bonchev–Trinajstić information content (AvgIpc) is 3.71. The highest BCUT2D eigenvalue weighted by Crippen LogP contribution is 2.56. The van der Waals surface area contributed by atoms with Gasteiger partial charge in [-0.25, -0.2) is 0 Å². The highest BCUT2D eigenvalue weighted by atomic mass is 31.1. The van der Waals surface area contributed by atoms with Gasteiger partial charge in [0.1, 0.15) is 0 Å². The zero-order chi connectivity index (χ0) is 26.3. The van der Waals surface area contributed by atoms with Gasteiger partial charge in [-0.15, -0.1) is 0 Å². The van der Waals surface area contributed by atoms with E-state index in [-0.39, 0.29) is 0 Å². The van der Waals surface area contributed by atoms with Crippen molar-refractivity contribution in [1.82, 2.24) is 0 Å². The molecule has 4 aromatic rings. The molecule has 2 aliphatic carbocycles. The van der Waals surface area contributed by atoms with Crippen molar-refractivity contribution in [1.29, 1.82) is 0 Å². The van der Waals surface area contributed by atoms with Crippen molar-refractivity contribution in [3.63, 3.8) is 0 Å². The summed E-state index contributed by atoms with van der Waals surface area (Å²) in [5, 5.41) is 7.41. The Balaban J connectivity index is 1.45. The quantitative estimate of drug-likeness (QED) is 0.178. The molecule has 2 atom stereocenters. The van der Waals surface area contributed by atoms with Crippen LogP contribution in [0.4, 0.5) is 0 Å². The van der Waals surface area contributed by atoms with Crippen LogP contribution < -0.4 is 21.2 Å². The third-order valence-corrected chi connectivity index (χ3v) is 13.2. The average molecular weight is 541 g/mol. The van der Waals surface area contributed by atoms with Gasteiger partial charge in [-0.05, 0) is 66.8 Å². The maximum absolute atomic E-state index is 2.52. The Morgan fingerprint density at radius 2 is 0.974 bits per heavy atom. The van der Waals surface area contributed by atoms with Crippen LogP contribution in [-0.4, -0.2) is 5.66 Å². The molecule has 6 rings (SSSR count). The molecule has 0 saturated carbocycles. The Kier molecular flexibility index (Phi) is 8.45. The second-order valence-corrected chi connectivity index (χ2v) is 14.8. The van der Waals surface area contributed by atoms with Crippen LogP contribution in [0.3, 0.4) is 0 Å². The van der Waals surface area contributed by atoms with Crippen LogP contribution in [0.5, 0.6) is 0 Å². The molecular weight excluding hydrogens is 506 g/mol. The number of rotatable bonds is 10. The zero-order valence-corrected chi connectivity index (χ0v) is 23.9. The Labute approximate surface area is 236 Å². The van der Waals surface area contributed by atoms with Crippen molar-refractivity contribution in [2.75, 3.05) is 0 Å². The lowest BCUT2D eigenvalue weighted by Crippen LogP contribution is -2.29. The van der Waals surface area contributed by atoms with E-state index in [1.807, 2.05) is 0 Å². The summed E-state index contributed by atoms with van der Waals surface area (Å²) in [7, 11) is -1.19. The minimum Gasteiger partial charge on any atom is -0.0776 e. The second kappa shape index (κ2) is 12.7. The molecule has 0 amide bonds. The molecule has 1 unspecified atom stereocenters. The van der Waals surface area contributed by atoms with Crippen molar-refractivity contribution in [2.45, 2.75) is 18.5 Å². The maximum atomic E-state index is 2.52. The fraction of sp³-hybridized carbons (Fsp3) is 0.135. The van der Waals surface area contributed by atoms with Gasteiger partial charge in [-0.2, -0.15) is 0 Å². The second-order valence-electron chi connectivity index (χ2n) is 10.1. The molecule has 4 aromatic carbocycles. The van der Waals surface area contributed by atoms with E-state index in [2.05, 4.69) is 164 Å². The summed E-state index contributed by atoms with van der Waals surface area (Å²) in [5.74, 6) is 0.941. The molecule has 0 N–H and O–H groups in total. The summed E-state index contributed by atoms with van der Waals surface area (Å²) >= 11 is 0. The van der Waals surface area contributed by atoms with Crippen molar-refractivity contribution in [3.8, 4) is 0 Å². The van der Waals surface area contributed by atoms with Gasteiger partial charge in [0.25, 0.3) is 0 Å². The molecule has 0 spiro atoms. The first-order valence-corrected chi connectivity index (χ1v) is 16.7. The van der Waals surface area contributed by atoms with Gasteiger partial charge in [0.2, 0.25) is 0 Å². The standard InChI is InChI=1S/C37H34P2/c1-5-18-31(19-6-1)38(32-20-7-2-8-21-32)36-27-15-26-35(36)37(29-28-30-16-13-14-17-30)39(33-22-9-3-10-23-33)34-24-11-4-12-25-34/h1-27,30,35,37H,28-29H2/t35?,37-/m1/s1. The maximum Gasteiger partial charge on any atom is 0.0105 e. The van der Waals surface area contributed by atoms with Gasteiger partial charge < -0.3 is 0 Å². The molecule has 0 radical (unpaired) electrons. The monoisotopic (exact) mass is 540 g/mol. The van der Waals surface area contributed by atoms with E-state index in [9.17, 15) is 0 Å². The zero-order valence-electron chi connectivity index (χ0n) is 22.1. The van der Waals surface area contributed by atoms with Gasteiger partial charge in [0.05, 0.1) is 0 Å².